The van der Waals surface area contributed by atoms with E-state index in [0.717, 1.165) is 66.2 Å². The molecule has 2 atom stereocenters. The molecule has 188 valence electrons. The van der Waals surface area contributed by atoms with Crippen LogP contribution in [-0.4, -0.2) is 60.5 Å². The van der Waals surface area contributed by atoms with Gasteiger partial charge in [-0.05, 0) is 69.4 Å². The Balaban J connectivity index is 0.00000289. The number of ether oxygens (including phenoxy) is 1. The van der Waals surface area contributed by atoms with E-state index in [1.54, 1.807) is 7.11 Å². The number of methoxy groups -OCH3 is 1. The summed E-state index contributed by atoms with van der Waals surface area (Å²) in [5.74, 6) is 0.834. The normalized spacial score (nSPS) is 12.5. The highest BCUT2D eigenvalue weighted by molar-refractivity contribution is 5.93. The standard InChI is InChI=1S/C26H36N4O2.2ClH/c1-5-30(6-2)26(19(3)31)28-17-9-16-27-25-18-24(20-12-14-21(32-4)15-13-20)29-23-11-8-7-10-22(23)25;;/h7-8,10-15,18-19,26,28,31H,5-6,9,16-17H2,1-4H3,(H,27,29);2*1H. The topological polar surface area (TPSA) is 69.7 Å². The largest absolute Gasteiger partial charge is 0.497 e. The molecule has 2 aromatic carbocycles. The van der Waals surface area contributed by atoms with Crippen molar-refractivity contribution in [2.75, 3.05) is 38.6 Å². The summed E-state index contributed by atoms with van der Waals surface area (Å²) in [6, 6.07) is 18.3. The first-order chi connectivity index (χ1) is 15.6. The highest BCUT2D eigenvalue weighted by Crippen LogP contribution is 2.29. The molecule has 0 amide bonds. The van der Waals surface area contributed by atoms with Gasteiger partial charge in [0.05, 0.1) is 30.6 Å². The summed E-state index contributed by atoms with van der Waals surface area (Å²) < 4.78 is 5.28. The number of aliphatic hydroxyl groups is 1. The van der Waals surface area contributed by atoms with Crippen LogP contribution >= 0.6 is 24.8 Å². The quantitative estimate of drug-likeness (QED) is 0.231. The van der Waals surface area contributed by atoms with E-state index < -0.39 is 6.10 Å². The number of nitrogens with one attached hydrogen (secondary N) is 2. The third-order valence-corrected chi connectivity index (χ3v) is 5.79. The Morgan fingerprint density at radius 3 is 2.29 bits per heavy atom. The number of fused-ring (bicyclic) bond motifs is 1. The van der Waals surface area contributed by atoms with Crippen molar-refractivity contribution in [2.45, 2.75) is 39.5 Å². The third-order valence-electron chi connectivity index (χ3n) is 5.79. The fourth-order valence-electron chi connectivity index (χ4n) is 4.01. The second kappa shape index (κ2) is 15.0. The summed E-state index contributed by atoms with van der Waals surface area (Å²) in [4.78, 5) is 7.11. The van der Waals surface area contributed by atoms with Crippen LogP contribution in [0.1, 0.15) is 27.2 Å². The molecule has 6 nitrogen and oxygen atoms in total. The lowest BCUT2D eigenvalue weighted by atomic mass is 10.1. The van der Waals surface area contributed by atoms with Crippen molar-refractivity contribution in [3.05, 3.63) is 54.6 Å². The number of rotatable bonds is 12. The van der Waals surface area contributed by atoms with E-state index in [0.29, 0.717) is 0 Å². The first kappa shape index (κ1) is 29.9. The molecule has 0 aliphatic carbocycles. The van der Waals surface area contributed by atoms with Gasteiger partial charge in [0.15, 0.2) is 0 Å². The molecule has 3 rings (SSSR count). The number of halogens is 2. The number of hydrogen-bond donors (Lipinski definition) is 3. The van der Waals surface area contributed by atoms with Crippen molar-refractivity contribution >= 4 is 41.4 Å². The number of anilines is 1. The van der Waals surface area contributed by atoms with Crippen molar-refractivity contribution in [1.82, 2.24) is 15.2 Å². The molecule has 0 fully saturated rings. The number of hydrogen-bond acceptors (Lipinski definition) is 6. The fraction of sp³-hybridized carbons (Fsp3) is 0.423. The number of nitrogens with zero attached hydrogens (tertiary/aromatic N) is 2. The maximum absolute atomic E-state index is 10.1. The molecule has 0 spiro atoms. The van der Waals surface area contributed by atoms with Gasteiger partial charge in [-0.25, -0.2) is 4.98 Å². The van der Waals surface area contributed by atoms with E-state index in [1.165, 1.54) is 0 Å². The number of likely N-dealkylation sites (N-methyl/N-ethyl adjacent to an activating group) is 1. The van der Waals surface area contributed by atoms with E-state index in [2.05, 4.69) is 41.5 Å². The Labute approximate surface area is 215 Å². The summed E-state index contributed by atoms with van der Waals surface area (Å²) >= 11 is 0. The molecular weight excluding hydrogens is 471 g/mol. The van der Waals surface area contributed by atoms with Crippen LogP contribution in [0, 0.1) is 0 Å². The van der Waals surface area contributed by atoms with Gasteiger partial charge < -0.3 is 15.2 Å². The molecule has 0 bridgehead atoms. The van der Waals surface area contributed by atoms with Gasteiger partial charge in [-0.15, -0.1) is 24.8 Å². The van der Waals surface area contributed by atoms with E-state index in [9.17, 15) is 5.11 Å². The van der Waals surface area contributed by atoms with E-state index in [-0.39, 0.29) is 31.0 Å². The summed E-state index contributed by atoms with van der Waals surface area (Å²) in [7, 11) is 1.67. The van der Waals surface area contributed by atoms with Gasteiger partial charge in [-0.1, -0.05) is 32.0 Å². The fourth-order valence-corrected chi connectivity index (χ4v) is 4.01. The lowest BCUT2D eigenvalue weighted by molar-refractivity contribution is 0.0466. The maximum atomic E-state index is 10.1. The maximum Gasteiger partial charge on any atom is 0.118 e. The van der Waals surface area contributed by atoms with Crippen LogP contribution in [0.2, 0.25) is 0 Å². The molecule has 3 N–H and O–H groups in total. The van der Waals surface area contributed by atoms with Crippen LogP contribution in [0.4, 0.5) is 5.69 Å². The first-order valence-electron chi connectivity index (χ1n) is 11.5. The lowest BCUT2D eigenvalue weighted by Crippen LogP contribution is -2.52. The van der Waals surface area contributed by atoms with Crippen LogP contribution in [0.3, 0.4) is 0 Å². The van der Waals surface area contributed by atoms with Crippen molar-refractivity contribution in [2.24, 2.45) is 0 Å². The lowest BCUT2D eigenvalue weighted by Gasteiger charge is -2.32. The van der Waals surface area contributed by atoms with Gasteiger partial charge in [-0.3, -0.25) is 10.2 Å². The van der Waals surface area contributed by atoms with E-state index in [4.69, 9.17) is 9.72 Å². The molecular formula is C26H38Cl2N4O2. The predicted octanol–water partition coefficient (Wildman–Crippen LogP) is 5.19. The van der Waals surface area contributed by atoms with Crippen molar-refractivity contribution in [3.8, 4) is 17.0 Å². The van der Waals surface area contributed by atoms with Crippen LogP contribution in [-0.2, 0) is 0 Å². The van der Waals surface area contributed by atoms with E-state index in [1.807, 2.05) is 49.4 Å². The molecule has 1 aromatic heterocycles. The number of benzene rings is 2. The Morgan fingerprint density at radius 2 is 1.68 bits per heavy atom. The van der Waals surface area contributed by atoms with E-state index >= 15 is 0 Å². The Hall–Kier alpha value is -2.09. The monoisotopic (exact) mass is 508 g/mol. The zero-order valence-corrected chi connectivity index (χ0v) is 22.1. The van der Waals surface area contributed by atoms with Crippen LogP contribution in [0.5, 0.6) is 5.75 Å². The van der Waals surface area contributed by atoms with Crippen molar-refractivity contribution in [3.63, 3.8) is 0 Å². The summed E-state index contributed by atoms with van der Waals surface area (Å²) in [6.07, 6.45) is 0.506. The Morgan fingerprint density at radius 1 is 1.00 bits per heavy atom. The smallest absolute Gasteiger partial charge is 0.118 e. The first-order valence-corrected chi connectivity index (χ1v) is 11.5. The number of pyridine rings is 1. The molecule has 2 unspecified atom stereocenters. The van der Waals surface area contributed by atoms with Gasteiger partial charge in [0.2, 0.25) is 0 Å². The van der Waals surface area contributed by atoms with Gasteiger partial charge in [0.1, 0.15) is 5.75 Å². The van der Waals surface area contributed by atoms with Gasteiger partial charge in [0.25, 0.3) is 0 Å². The van der Waals surface area contributed by atoms with Gasteiger partial charge in [0, 0.05) is 23.2 Å². The van der Waals surface area contributed by atoms with Gasteiger partial charge >= 0.3 is 0 Å². The van der Waals surface area contributed by atoms with Crippen molar-refractivity contribution in [1.29, 1.82) is 0 Å². The summed E-state index contributed by atoms with van der Waals surface area (Å²) in [5.41, 5.74) is 4.04. The number of aliphatic hydroxyl groups excluding tert-OH is 1. The highest BCUT2D eigenvalue weighted by Gasteiger charge is 2.19. The molecule has 8 heteroatoms. The zero-order valence-electron chi connectivity index (χ0n) is 20.5. The van der Waals surface area contributed by atoms with Crippen LogP contribution in [0.25, 0.3) is 22.2 Å². The second-order valence-corrected chi connectivity index (χ2v) is 7.94. The zero-order chi connectivity index (χ0) is 22.9. The molecule has 0 saturated heterocycles. The molecule has 3 aromatic rings. The van der Waals surface area contributed by atoms with Crippen LogP contribution < -0.4 is 15.4 Å². The second-order valence-electron chi connectivity index (χ2n) is 7.94. The van der Waals surface area contributed by atoms with Gasteiger partial charge in [-0.2, -0.15) is 0 Å². The number of aromatic nitrogens is 1. The molecule has 1 heterocycles. The third kappa shape index (κ3) is 7.72. The van der Waals surface area contributed by atoms with Crippen LogP contribution in [0.15, 0.2) is 54.6 Å². The molecule has 0 aliphatic heterocycles. The Bertz CT molecular complexity index is 982. The summed E-state index contributed by atoms with van der Waals surface area (Å²) in [6.45, 7) is 9.57. The minimum Gasteiger partial charge on any atom is -0.497 e. The minimum atomic E-state index is -0.418. The molecule has 0 radical (unpaired) electrons. The average Bonchev–Trinajstić information content (AvgIpc) is 2.83. The predicted molar refractivity (Wildman–Crippen MR) is 148 cm³/mol. The van der Waals surface area contributed by atoms with Crippen molar-refractivity contribution < 1.29 is 9.84 Å². The molecule has 34 heavy (non-hydrogen) atoms. The minimum absolute atomic E-state index is 0. The number of para-hydroxylation sites is 1. The molecule has 0 aliphatic rings. The highest BCUT2D eigenvalue weighted by atomic mass is 35.5. The summed E-state index contributed by atoms with van der Waals surface area (Å²) in [5, 5.41) is 18.4. The SMILES string of the molecule is CCN(CC)C(NCCCNc1cc(-c2ccc(OC)cc2)nc2ccccc12)C(C)O.Cl.Cl. The average molecular weight is 510 g/mol. The molecule has 0 saturated carbocycles. The Kier molecular flexibility index (Phi) is 13.2.